The Labute approximate surface area is 122 Å². The summed E-state index contributed by atoms with van der Waals surface area (Å²) in [6, 6.07) is 14.9. The van der Waals surface area contributed by atoms with Gasteiger partial charge in [-0.05, 0) is 42.8 Å². The Morgan fingerprint density at radius 2 is 1.86 bits per heavy atom. The van der Waals surface area contributed by atoms with E-state index in [0.717, 1.165) is 16.9 Å². The maximum Gasteiger partial charge on any atom is 0.255 e. The molecule has 0 radical (unpaired) electrons. The number of rotatable bonds is 3. The molecule has 1 heterocycles. The predicted molar refractivity (Wildman–Crippen MR) is 80.5 cm³/mol. The minimum absolute atomic E-state index is 0.130. The van der Waals surface area contributed by atoms with E-state index in [0.29, 0.717) is 5.56 Å². The van der Waals surface area contributed by atoms with Crippen molar-refractivity contribution in [2.45, 2.75) is 6.92 Å². The third kappa shape index (κ3) is 2.81. The van der Waals surface area contributed by atoms with Crippen LogP contribution >= 0.6 is 0 Å². The highest BCUT2D eigenvalue weighted by molar-refractivity contribution is 6.04. The molecule has 0 bridgehead atoms. The topological polar surface area (TPSA) is 59.8 Å². The number of benzene rings is 2. The number of hydrogen-bond donors (Lipinski definition) is 1. The molecular weight excluding hydrogens is 264 g/mol. The number of aryl methyl sites for hydroxylation is 1. The first kappa shape index (κ1) is 13.1. The van der Waals surface area contributed by atoms with E-state index in [9.17, 15) is 4.79 Å². The summed E-state index contributed by atoms with van der Waals surface area (Å²) >= 11 is 0. The van der Waals surface area contributed by atoms with Crippen molar-refractivity contribution < 1.29 is 4.79 Å². The fraction of sp³-hybridized carbons (Fsp3) is 0.0625. The van der Waals surface area contributed by atoms with Crippen LogP contribution in [0.15, 0.2) is 61.2 Å². The summed E-state index contributed by atoms with van der Waals surface area (Å²) < 4.78 is 1.64. The molecule has 21 heavy (non-hydrogen) atoms. The molecular formula is C16H14N4O. The van der Waals surface area contributed by atoms with Gasteiger partial charge in [-0.15, -0.1) is 0 Å². The number of para-hydroxylation sites is 1. The zero-order valence-corrected chi connectivity index (χ0v) is 11.5. The number of anilines is 1. The van der Waals surface area contributed by atoms with Gasteiger partial charge in [0.05, 0.1) is 5.69 Å². The SMILES string of the molecule is Cc1ccccc1NC(=O)c1ccc(-n2cncn2)cc1. The normalized spacial score (nSPS) is 10.3. The van der Waals surface area contributed by atoms with Gasteiger partial charge in [0.25, 0.3) is 5.91 Å². The monoisotopic (exact) mass is 278 g/mol. The van der Waals surface area contributed by atoms with E-state index in [-0.39, 0.29) is 5.91 Å². The van der Waals surface area contributed by atoms with Gasteiger partial charge in [0.15, 0.2) is 0 Å². The van der Waals surface area contributed by atoms with Crippen LogP contribution in [0, 0.1) is 6.92 Å². The lowest BCUT2D eigenvalue weighted by atomic mass is 10.1. The van der Waals surface area contributed by atoms with Crippen LogP contribution in [0.25, 0.3) is 5.69 Å². The molecule has 2 aromatic carbocycles. The van der Waals surface area contributed by atoms with Crippen LogP contribution in [0.5, 0.6) is 0 Å². The van der Waals surface area contributed by atoms with Crippen molar-refractivity contribution in [1.82, 2.24) is 14.8 Å². The summed E-state index contributed by atoms with van der Waals surface area (Å²) in [7, 11) is 0. The Balaban J connectivity index is 1.78. The molecule has 1 amide bonds. The second-order valence-corrected chi connectivity index (χ2v) is 4.66. The van der Waals surface area contributed by atoms with Crippen molar-refractivity contribution in [2.24, 2.45) is 0 Å². The van der Waals surface area contributed by atoms with Crippen LogP contribution in [0.4, 0.5) is 5.69 Å². The van der Waals surface area contributed by atoms with Gasteiger partial charge < -0.3 is 5.32 Å². The van der Waals surface area contributed by atoms with Crippen LogP contribution in [0.3, 0.4) is 0 Å². The Bertz CT molecular complexity index is 748. The Morgan fingerprint density at radius 1 is 1.10 bits per heavy atom. The van der Waals surface area contributed by atoms with Crippen LogP contribution in [-0.2, 0) is 0 Å². The zero-order valence-electron chi connectivity index (χ0n) is 11.5. The Kier molecular flexibility index (Phi) is 3.47. The molecule has 0 fully saturated rings. The average Bonchev–Trinajstić information content (AvgIpc) is 3.04. The largest absolute Gasteiger partial charge is 0.322 e. The van der Waals surface area contributed by atoms with Gasteiger partial charge in [0, 0.05) is 11.3 Å². The highest BCUT2D eigenvalue weighted by Gasteiger charge is 2.07. The fourth-order valence-corrected chi connectivity index (χ4v) is 2.01. The zero-order chi connectivity index (χ0) is 14.7. The first-order chi connectivity index (χ1) is 10.2. The lowest BCUT2D eigenvalue weighted by Gasteiger charge is -2.08. The lowest BCUT2D eigenvalue weighted by molar-refractivity contribution is 0.102. The van der Waals surface area contributed by atoms with Gasteiger partial charge in [-0.3, -0.25) is 4.79 Å². The number of nitrogens with one attached hydrogen (secondary N) is 1. The fourth-order valence-electron chi connectivity index (χ4n) is 2.01. The second-order valence-electron chi connectivity index (χ2n) is 4.66. The predicted octanol–water partition coefficient (Wildman–Crippen LogP) is 2.83. The summed E-state index contributed by atoms with van der Waals surface area (Å²) in [6.45, 7) is 1.96. The summed E-state index contributed by atoms with van der Waals surface area (Å²) in [5, 5.41) is 6.95. The molecule has 0 aliphatic heterocycles. The van der Waals surface area contributed by atoms with Gasteiger partial charge in [0.2, 0.25) is 0 Å². The quantitative estimate of drug-likeness (QED) is 0.801. The third-order valence-electron chi connectivity index (χ3n) is 3.21. The van der Waals surface area contributed by atoms with Crippen LogP contribution in [0.2, 0.25) is 0 Å². The molecule has 0 atom stereocenters. The molecule has 0 saturated carbocycles. The first-order valence-electron chi connectivity index (χ1n) is 6.56. The van der Waals surface area contributed by atoms with Gasteiger partial charge in [-0.2, -0.15) is 5.10 Å². The van der Waals surface area contributed by atoms with Gasteiger partial charge in [-0.25, -0.2) is 9.67 Å². The van der Waals surface area contributed by atoms with Crippen molar-refractivity contribution in [3.8, 4) is 5.69 Å². The van der Waals surface area contributed by atoms with Crippen molar-refractivity contribution in [3.63, 3.8) is 0 Å². The number of nitrogens with zero attached hydrogens (tertiary/aromatic N) is 3. The number of carbonyl (C=O) groups excluding carboxylic acids is 1. The smallest absolute Gasteiger partial charge is 0.255 e. The summed E-state index contributed by atoms with van der Waals surface area (Å²) in [5.41, 5.74) is 3.31. The van der Waals surface area contributed by atoms with E-state index < -0.39 is 0 Å². The van der Waals surface area contributed by atoms with Gasteiger partial charge >= 0.3 is 0 Å². The van der Waals surface area contributed by atoms with Crippen LogP contribution in [0.1, 0.15) is 15.9 Å². The molecule has 0 spiro atoms. The molecule has 5 heteroatoms. The van der Waals surface area contributed by atoms with E-state index in [1.54, 1.807) is 23.1 Å². The maximum atomic E-state index is 12.2. The molecule has 0 aliphatic carbocycles. The minimum atomic E-state index is -0.130. The molecule has 0 aliphatic rings. The molecule has 3 rings (SSSR count). The number of hydrogen-bond acceptors (Lipinski definition) is 3. The Hall–Kier alpha value is -2.95. The standard InChI is InChI=1S/C16H14N4O/c1-12-4-2-3-5-15(12)19-16(21)13-6-8-14(9-7-13)20-11-17-10-18-20/h2-11H,1H3,(H,19,21). The highest BCUT2D eigenvalue weighted by Crippen LogP contribution is 2.15. The molecule has 3 aromatic rings. The number of amides is 1. The van der Waals surface area contributed by atoms with Crippen molar-refractivity contribution in [1.29, 1.82) is 0 Å². The summed E-state index contributed by atoms with van der Waals surface area (Å²) in [6.07, 6.45) is 3.08. The number of aromatic nitrogens is 3. The molecule has 5 nitrogen and oxygen atoms in total. The van der Waals surface area contributed by atoms with Crippen molar-refractivity contribution in [3.05, 3.63) is 72.3 Å². The van der Waals surface area contributed by atoms with E-state index in [4.69, 9.17) is 0 Å². The molecule has 1 N–H and O–H groups in total. The third-order valence-corrected chi connectivity index (χ3v) is 3.21. The first-order valence-corrected chi connectivity index (χ1v) is 6.56. The molecule has 0 saturated heterocycles. The summed E-state index contributed by atoms with van der Waals surface area (Å²) in [5.74, 6) is -0.130. The highest BCUT2D eigenvalue weighted by atomic mass is 16.1. The Morgan fingerprint density at radius 3 is 2.52 bits per heavy atom. The van der Waals surface area contributed by atoms with E-state index in [1.165, 1.54) is 6.33 Å². The van der Waals surface area contributed by atoms with Crippen molar-refractivity contribution >= 4 is 11.6 Å². The van der Waals surface area contributed by atoms with E-state index in [1.807, 2.05) is 43.3 Å². The molecule has 1 aromatic heterocycles. The summed E-state index contributed by atoms with van der Waals surface area (Å²) in [4.78, 5) is 16.1. The molecule has 0 unspecified atom stereocenters. The van der Waals surface area contributed by atoms with Crippen molar-refractivity contribution in [2.75, 3.05) is 5.32 Å². The number of carbonyl (C=O) groups is 1. The van der Waals surface area contributed by atoms with E-state index >= 15 is 0 Å². The van der Waals surface area contributed by atoms with Crippen LogP contribution in [-0.4, -0.2) is 20.7 Å². The maximum absolute atomic E-state index is 12.2. The van der Waals surface area contributed by atoms with Gasteiger partial charge in [-0.1, -0.05) is 18.2 Å². The second kappa shape index (κ2) is 5.58. The van der Waals surface area contributed by atoms with E-state index in [2.05, 4.69) is 15.4 Å². The molecule has 104 valence electrons. The van der Waals surface area contributed by atoms with Crippen LogP contribution < -0.4 is 5.32 Å². The van der Waals surface area contributed by atoms with Gasteiger partial charge in [0.1, 0.15) is 12.7 Å². The lowest BCUT2D eigenvalue weighted by Crippen LogP contribution is -2.12. The average molecular weight is 278 g/mol. The minimum Gasteiger partial charge on any atom is -0.322 e.